The van der Waals surface area contributed by atoms with Crippen LogP contribution >= 0.6 is 0 Å². The third-order valence-corrected chi connectivity index (χ3v) is 3.15. The van der Waals surface area contributed by atoms with Gasteiger partial charge in [0, 0.05) is 12.5 Å². The van der Waals surface area contributed by atoms with E-state index in [0.717, 1.165) is 25.2 Å². The minimum Gasteiger partial charge on any atom is -0.480 e. The second-order valence-electron chi connectivity index (χ2n) is 4.45. The molecule has 4 heteroatoms. The van der Waals surface area contributed by atoms with E-state index in [-0.39, 0.29) is 0 Å². The smallest absolute Gasteiger partial charge is 0.320 e. The Bertz CT molecular complexity index is 382. The Morgan fingerprint density at radius 2 is 2.18 bits per heavy atom. The van der Waals surface area contributed by atoms with Crippen LogP contribution in [0.5, 0.6) is 0 Å². The molecule has 1 aliphatic rings. The third kappa shape index (κ3) is 3.05. The highest BCUT2D eigenvalue weighted by Gasteiger charge is 2.18. The monoisotopic (exact) mass is 235 g/mol. The van der Waals surface area contributed by atoms with Gasteiger partial charge in [0.2, 0.25) is 0 Å². The fourth-order valence-corrected chi connectivity index (χ4v) is 2.06. The molecule has 0 aromatic heterocycles. The fraction of sp³-hybridized carbons (Fsp3) is 0.462. The number of hydrogen-bond donors (Lipinski definition) is 2. The minimum atomic E-state index is -0.960. The van der Waals surface area contributed by atoms with E-state index in [0.29, 0.717) is 12.3 Å². The van der Waals surface area contributed by atoms with Crippen LogP contribution in [0.2, 0.25) is 0 Å². The molecular formula is C13H17NO3. The first-order valence-corrected chi connectivity index (χ1v) is 5.82. The molecule has 92 valence electrons. The average Bonchev–Trinajstić information content (AvgIpc) is 2.83. The Hall–Kier alpha value is -1.39. The van der Waals surface area contributed by atoms with E-state index in [1.807, 2.05) is 24.3 Å². The van der Waals surface area contributed by atoms with Crippen molar-refractivity contribution in [3.63, 3.8) is 0 Å². The third-order valence-electron chi connectivity index (χ3n) is 3.15. The van der Waals surface area contributed by atoms with Crippen LogP contribution in [0.4, 0.5) is 0 Å². The lowest BCUT2D eigenvalue weighted by Crippen LogP contribution is -2.32. The molecule has 1 fully saturated rings. The van der Waals surface area contributed by atoms with Crippen LogP contribution in [0.15, 0.2) is 24.3 Å². The molecule has 2 rings (SSSR count). The van der Waals surface area contributed by atoms with Crippen LogP contribution in [0.25, 0.3) is 0 Å². The normalized spacial score (nSPS) is 21.4. The van der Waals surface area contributed by atoms with Crippen molar-refractivity contribution >= 4 is 5.97 Å². The lowest BCUT2D eigenvalue weighted by molar-refractivity contribution is -0.138. The summed E-state index contributed by atoms with van der Waals surface area (Å²) in [5, 5.41) is 8.73. The Balaban J connectivity index is 2.00. The molecule has 1 aromatic rings. The van der Waals surface area contributed by atoms with Crippen LogP contribution < -0.4 is 5.73 Å². The maximum atomic E-state index is 10.6. The first-order chi connectivity index (χ1) is 8.16. The molecule has 0 amide bonds. The maximum absolute atomic E-state index is 10.6. The Labute approximate surface area is 100 Å². The van der Waals surface area contributed by atoms with E-state index >= 15 is 0 Å². The topological polar surface area (TPSA) is 72.5 Å². The average molecular weight is 235 g/mol. The van der Waals surface area contributed by atoms with E-state index in [9.17, 15) is 4.79 Å². The lowest BCUT2D eigenvalue weighted by Gasteiger charge is -2.10. The van der Waals surface area contributed by atoms with E-state index in [4.69, 9.17) is 15.6 Å². The van der Waals surface area contributed by atoms with Crippen molar-refractivity contribution in [2.45, 2.75) is 24.8 Å². The summed E-state index contributed by atoms with van der Waals surface area (Å²) in [6.45, 7) is 1.62. The second kappa shape index (κ2) is 5.29. The Morgan fingerprint density at radius 1 is 1.47 bits per heavy atom. The predicted molar refractivity (Wildman–Crippen MR) is 63.9 cm³/mol. The first kappa shape index (κ1) is 12.1. The summed E-state index contributed by atoms with van der Waals surface area (Å²) in [7, 11) is 0. The second-order valence-corrected chi connectivity index (χ2v) is 4.45. The predicted octanol–water partition coefficient (Wildman–Crippen LogP) is 1.14. The molecular weight excluding hydrogens is 218 g/mol. The van der Waals surface area contributed by atoms with E-state index < -0.39 is 12.0 Å². The zero-order valence-electron chi connectivity index (χ0n) is 9.63. The van der Waals surface area contributed by atoms with Crippen molar-refractivity contribution < 1.29 is 14.6 Å². The highest BCUT2D eigenvalue weighted by molar-refractivity contribution is 5.73. The molecule has 1 saturated heterocycles. The van der Waals surface area contributed by atoms with Crippen molar-refractivity contribution in [2.24, 2.45) is 5.73 Å². The molecule has 0 bridgehead atoms. The van der Waals surface area contributed by atoms with Gasteiger partial charge in [0.05, 0.1) is 6.61 Å². The molecule has 1 aliphatic heterocycles. The van der Waals surface area contributed by atoms with Gasteiger partial charge in [-0.1, -0.05) is 24.3 Å². The number of ether oxygens (including phenoxy) is 1. The van der Waals surface area contributed by atoms with Crippen LogP contribution in [0.3, 0.4) is 0 Å². The van der Waals surface area contributed by atoms with Gasteiger partial charge in [-0.25, -0.2) is 0 Å². The quantitative estimate of drug-likeness (QED) is 0.821. The van der Waals surface area contributed by atoms with Crippen LogP contribution in [-0.4, -0.2) is 30.3 Å². The van der Waals surface area contributed by atoms with Crippen molar-refractivity contribution in [3.8, 4) is 0 Å². The summed E-state index contributed by atoms with van der Waals surface area (Å²) in [4.78, 5) is 10.6. The van der Waals surface area contributed by atoms with Crippen molar-refractivity contribution in [3.05, 3.63) is 35.4 Å². The van der Waals surface area contributed by atoms with Crippen molar-refractivity contribution in [2.75, 3.05) is 13.2 Å². The summed E-state index contributed by atoms with van der Waals surface area (Å²) in [5.74, 6) is -0.476. The molecule has 0 saturated carbocycles. The molecule has 2 atom stereocenters. The van der Waals surface area contributed by atoms with Crippen molar-refractivity contribution in [1.82, 2.24) is 0 Å². The lowest BCUT2D eigenvalue weighted by atomic mass is 9.96. The van der Waals surface area contributed by atoms with Crippen LogP contribution in [0.1, 0.15) is 23.5 Å². The molecule has 2 unspecified atom stereocenters. The highest BCUT2D eigenvalue weighted by Crippen LogP contribution is 2.25. The van der Waals surface area contributed by atoms with Gasteiger partial charge in [-0.3, -0.25) is 4.79 Å². The number of rotatable bonds is 4. The number of carbonyl (C=O) groups is 1. The molecule has 0 radical (unpaired) electrons. The largest absolute Gasteiger partial charge is 0.480 e. The summed E-state index contributed by atoms with van der Waals surface area (Å²) in [5.41, 5.74) is 7.71. The fourth-order valence-electron chi connectivity index (χ4n) is 2.06. The zero-order valence-corrected chi connectivity index (χ0v) is 9.63. The summed E-state index contributed by atoms with van der Waals surface area (Å²) in [6, 6.07) is 7.18. The molecule has 17 heavy (non-hydrogen) atoms. The number of hydrogen-bond acceptors (Lipinski definition) is 3. The summed E-state index contributed by atoms with van der Waals surface area (Å²) in [6.07, 6.45) is 1.44. The maximum Gasteiger partial charge on any atom is 0.320 e. The van der Waals surface area contributed by atoms with Gasteiger partial charge in [0.1, 0.15) is 6.04 Å². The Kier molecular flexibility index (Phi) is 3.76. The van der Waals surface area contributed by atoms with Crippen LogP contribution in [-0.2, 0) is 16.0 Å². The van der Waals surface area contributed by atoms with Gasteiger partial charge >= 0.3 is 5.97 Å². The van der Waals surface area contributed by atoms with Gasteiger partial charge in [-0.15, -0.1) is 0 Å². The van der Waals surface area contributed by atoms with Gasteiger partial charge in [0.25, 0.3) is 0 Å². The van der Waals surface area contributed by atoms with Crippen molar-refractivity contribution in [1.29, 1.82) is 0 Å². The number of nitrogens with two attached hydrogens (primary N) is 1. The molecule has 1 heterocycles. The van der Waals surface area contributed by atoms with E-state index in [1.165, 1.54) is 5.56 Å². The van der Waals surface area contributed by atoms with Gasteiger partial charge in [0.15, 0.2) is 0 Å². The molecule has 0 aliphatic carbocycles. The summed E-state index contributed by atoms with van der Waals surface area (Å²) >= 11 is 0. The highest BCUT2D eigenvalue weighted by atomic mass is 16.5. The SMILES string of the molecule is NC(Cc1ccc(C2CCOC2)cc1)C(=O)O. The molecule has 3 N–H and O–H groups in total. The number of aliphatic carboxylic acids is 1. The van der Waals surface area contributed by atoms with Gasteiger partial charge < -0.3 is 15.6 Å². The standard InChI is InChI=1S/C13H17NO3/c14-12(13(15)16)7-9-1-3-10(4-2-9)11-5-6-17-8-11/h1-4,11-12H,5-8,14H2,(H,15,16). The number of carboxylic acids is 1. The van der Waals surface area contributed by atoms with Gasteiger partial charge in [-0.05, 0) is 24.0 Å². The van der Waals surface area contributed by atoms with E-state index in [1.54, 1.807) is 0 Å². The minimum absolute atomic E-state index is 0.372. The van der Waals surface area contributed by atoms with Crippen LogP contribution in [0, 0.1) is 0 Å². The number of benzene rings is 1. The van der Waals surface area contributed by atoms with Gasteiger partial charge in [-0.2, -0.15) is 0 Å². The molecule has 4 nitrogen and oxygen atoms in total. The van der Waals surface area contributed by atoms with E-state index in [2.05, 4.69) is 0 Å². The Morgan fingerprint density at radius 3 is 2.71 bits per heavy atom. The molecule has 1 aromatic carbocycles. The zero-order chi connectivity index (χ0) is 12.3. The molecule has 0 spiro atoms. The first-order valence-electron chi connectivity index (χ1n) is 5.82. The number of carboxylic acid groups (broad SMARTS) is 1. The summed E-state index contributed by atoms with van der Waals surface area (Å²) < 4.78 is 5.34.